The molecule has 1 aromatic rings. The number of piperidine rings is 2. The number of likely N-dealkylation sites (tertiary alicyclic amines) is 2. The average molecular weight is 359 g/mol. The van der Waals surface area contributed by atoms with Gasteiger partial charge in [0.05, 0.1) is 24.1 Å². The first kappa shape index (κ1) is 18.6. The van der Waals surface area contributed by atoms with Gasteiger partial charge in [0.2, 0.25) is 5.91 Å². The summed E-state index contributed by atoms with van der Waals surface area (Å²) in [5, 5.41) is 2.96. The molecule has 0 unspecified atom stereocenters. The van der Waals surface area contributed by atoms with Gasteiger partial charge in [-0.2, -0.15) is 0 Å². The summed E-state index contributed by atoms with van der Waals surface area (Å²) in [7, 11) is 0. The maximum Gasteiger partial charge on any atom is 0.317 e. The summed E-state index contributed by atoms with van der Waals surface area (Å²) >= 11 is 0. The van der Waals surface area contributed by atoms with Gasteiger partial charge in [-0.3, -0.25) is 14.8 Å². The van der Waals surface area contributed by atoms with Gasteiger partial charge in [0.1, 0.15) is 0 Å². The quantitative estimate of drug-likeness (QED) is 0.896. The maximum absolute atomic E-state index is 12.4. The highest BCUT2D eigenvalue weighted by molar-refractivity contribution is 5.77. The first-order valence-corrected chi connectivity index (χ1v) is 9.48. The van der Waals surface area contributed by atoms with Crippen molar-refractivity contribution >= 4 is 11.9 Å². The van der Waals surface area contributed by atoms with Crippen molar-refractivity contribution in [2.45, 2.75) is 59.0 Å². The second-order valence-electron chi connectivity index (χ2n) is 7.99. The number of rotatable bonds is 3. The summed E-state index contributed by atoms with van der Waals surface area (Å²) in [6.45, 7) is 8.63. The molecular formula is C19H29N5O2. The van der Waals surface area contributed by atoms with Crippen LogP contribution in [0.25, 0.3) is 0 Å². The molecule has 0 bridgehead atoms. The largest absolute Gasteiger partial charge is 0.336 e. The van der Waals surface area contributed by atoms with Gasteiger partial charge in [0, 0.05) is 38.3 Å². The van der Waals surface area contributed by atoms with Gasteiger partial charge >= 0.3 is 6.03 Å². The molecule has 2 aliphatic rings. The van der Waals surface area contributed by atoms with E-state index < -0.39 is 0 Å². The summed E-state index contributed by atoms with van der Waals surface area (Å²) in [4.78, 5) is 37.1. The van der Waals surface area contributed by atoms with Crippen molar-refractivity contribution in [3.63, 3.8) is 0 Å². The highest BCUT2D eigenvalue weighted by atomic mass is 16.2. The first-order valence-electron chi connectivity index (χ1n) is 9.48. The molecule has 2 fully saturated rings. The Hall–Kier alpha value is -2.18. The van der Waals surface area contributed by atoms with Gasteiger partial charge in [-0.05, 0) is 45.4 Å². The van der Waals surface area contributed by atoms with Crippen LogP contribution in [-0.4, -0.2) is 57.4 Å². The molecular weight excluding hydrogens is 330 g/mol. The summed E-state index contributed by atoms with van der Waals surface area (Å²) in [5.41, 5.74) is 1.83. The SMILES string of the molecule is Cc1cnc(CN2CC3(CCC2=O)CCN(C(=O)NC(C)C)CC3)cn1. The predicted molar refractivity (Wildman–Crippen MR) is 98.3 cm³/mol. The maximum atomic E-state index is 12.4. The minimum absolute atomic E-state index is 0.0218. The predicted octanol–water partition coefficient (Wildman–Crippen LogP) is 2.11. The molecule has 0 aromatic carbocycles. The van der Waals surface area contributed by atoms with Crippen LogP contribution in [0.5, 0.6) is 0 Å². The minimum atomic E-state index is 0.0218. The number of hydrogen-bond acceptors (Lipinski definition) is 4. The molecule has 1 N–H and O–H groups in total. The van der Waals surface area contributed by atoms with E-state index in [-0.39, 0.29) is 23.4 Å². The molecule has 0 radical (unpaired) electrons. The van der Waals surface area contributed by atoms with E-state index in [1.54, 1.807) is 12.4 Å². The number of aromatic nitrogens is 2. The normalized spacial score (nSPS) is 19.9. The Morgan fingerprint density at radius 1 is 1.23 bits per heavy atom. The van der Waals surface area contributed by atoms with E-state index in [9.17, 15) is 9.59 Å². The van der Waals surface area contributed by atoms with Crippen LogP contribution in [0.2, 0.25) is 0 Å². The number of carbonyl (C=O) groups is 2. The second kappa shape index (κ2) is 7.60. The topological polar surface area (TPSA) is 78.4 Å². The molecule has 3 heterocycles. The summed E-state index contributed by atoms with van der Waals surface area (Å²) in [5.74, 6) is 0.193. The average Bonchev–Trinajstić information content (AvgIpc) is 2.60. The van der Waals surface area contributed by atoms with E-state index in [1.807, 2.05) is 30.6 Å². The van der Waals surface area contributed by atoms with E-state index in [0.29, 0.717) is 13.0 Å². The Labute approximate surface area is 155 Å². The van der Waals surface area contributed by atoms with Crippen LogP contribution in [0.4, 0.5) is 4.79 Å². The van der Waals surface area contributed by atoms with Gasteiger partial charge in [0.15, 0.2) is 0 Å². The van der Waals surface area contributed by atoms with Crippen LogP contribution in [0, 0.1) is 12.3 Å². The van der Waals surface area contributed by atoms with Gasteiger partial charge in [-0.1, -0.05) is 0 Å². The third-order valence-electron chi connectivity index (χ3n) is 5.46. The third kappa shape index (κ3) is 4.31. The molecule has 2 saturated heterocycles. The number of amides is 3. The monoisotopic (exact) mass is 359 g/mol. The fraction of sp³-hybridized carbons (Fsp3) is 0.684. The lowest BCUT2D eigenvalue weighted by Gasteiger charge is -2.47. The first-order chi connectivity index (χ1) is 12.4. The fourth-order valence-electron chi connectivity index (χ4n) is 3.87. The minimum Gasteiger partial charge on any atom is -0.336 e. The molecule has 7 nitrogen and oxygen atoms in total. The Kier molecular flexibility index (Phi) is 5.44. The number of aryl methyl sites for hydroxylation is 1. The van der Waals surface area contributed by atoms with Crippen molar-refractivity contribution in [2.24, 2.45) is 5.41 Å². The molecule has 3 rings (SSSR count). The number of carbonyl (C=O) groups excluding carboxylic acids is 2. The smallest absolute Gasteiger partial charge is 0.317 e. The second-order valence-corrected chi connectivity index (χ2v) is 7.99. The molecule has 1 spiro atoms. The van der Waals surface area contributed by atoms with Gasteiger partial charge in [-0.15, -0.1) is 0 Å². The van der Waals surface area contributed by atoms with Crippen LogP contribution in [0.15, 0.2) is 12.4 Å². The van der Waals surface area contributed by atoms with Crippen LogP contribution in [-0.2, 0) is 11.3 Å². The van der Waals surface area contributed by atoms with Gasteiger partial charge in [0.25, 0.3) is 0 Å². The molecule has 0 saturated carbocycles. The number of nitrogens with zero attached hydrogens (tertiary/aromatic N) is 4. The van der Waals surface area contributed by atoms with E-state index in [1.165, 1.54) is 0 Å². The zero-order chi connectivity index (χ0) is 18.7. The fourth-order valence-corrected chi connectivity index (χ4v) is 3.87. The van der Waals surface area contributed by atoms with Crippen molar-refractivity contribution in [3.05, 3.63) is 23.8 Å². The van der Waals surface area contributed by atoms with E-state index in [4.69, 9.17) is 0 Å². The highest BCUT2D eigenvalue weighted by Gasteiger charge is 2.41. The molecule has 2 aliphatic heterocycles. The summed E-state index contributed by atoms with van der Waals surface area (Å²) in [6, 6.07) is 0.172. The van der Waals surface area contributed by atoms with E-state index >= 15 is 0 Å². The molecule has 3 amide bonds. The lowest BCUT2D eigenvalue weighted by Crippen LogP contribution is -2.54. The van der Waals surface area contributed by atoms with Crippen LogP contribution in [0.3, 0.4) is 0 Å². The Bertz CT molecular complexity index is 650. The van der Waals surface area contributed by atoms with Crippen molar-refractivity contribution in [3.8, 4) is 0 Å². The van der Waals surface area contributed by atoms with Crippen molar-refractivity contribution in [1.29, 1.82) is 0 Å². The standard InChI is InChI=1S/C19H29N5O2/c1-14(2)22-18(26)23-8-6-19(7-9-23)5-4-17(25)24(13-19)12-16-11-20-15(3)10-21-16/h10-11,14H,4-9,12-13H2,1-3H3,(H,22,26). The zero-order valence-electron chi connectivity index (χ0n) is 16.0. The van der Waals surface area contributed by atoms with E-state index in [0.717, 1.165) is 50.3 Å². The third-order valence-corrected chi connectivity index (χ3v) is 5.46. The number of urea groups is 1. The van der Waals surface area contributed by atoms with Crippen LogP contribution < -0.4 is 5.32 Å². The zero-order valence-corrected chi connectivity index (χ0v) is 16.0. The van der Waals surface area contributed by atoms with Crippen LogP contribution in [0.1, 0.15) is 50.9 Å². The van der Waals surface area contributed by atoms with E-state index in [2.05, 4.69) is 15.3 Å². The molecule has 0 aliphatic carbocycles. The molecule has 26 heavy (non-hydrogen) atoms. The van der Waals surface area contributed by atoms with Crippen molar-refractivity contribution < 1.29 is 9.59 Å². The molecule has 0 atom stereocenters. The molecule has 1 aromatic heterocycles. The molecule has 142 valence electrons. The number of hydrogen-bond donors (Lipinski definition) is 1. The van der Waals surface area contributed by atoms with Gasteiger partial charge in [-0.25, -0.2) is 4.79 Å². The summed E-state index contributed by atoms with van der Waals surface area (Å²) in [6.07, 6.45) is 6.89. The Balaban J connectivity index is 1.60. The van der Waals surface area contributed by atoms with Gasteiger partial charge < -0.3 is 15.1 Å². The van der Waals surface area contributed by atoms with Crippen molar-refractivity contribution in [2.75, 3.05) is 19.6 Å². The lowest BCUT2D eigenvalue weighted by atomic mass is 9.72. The highest BCUT2D eigenvalue weighted by Crippen LogP contribution is 2.40. The molecule has 7 heteroatoms. The Morgan fingerprint density at radius 2 is 1.96 bits per heavy atom. The van der Waals surface area contributed by atoms with Crippen molar-refractivity contribution in [1.82, 2.24) is 25.1 Å². The summed E-state index contributed by atoms with van der Waals surface area (Å²) < 4.78 is 0. The van der Waals surface area contributed by atoms with Crippen LogP contribution >= 0.6 is 0 Å². The Morgan fingerprint density at radius 3 is 2.58 bits per heavy atom. The lowest BCUT2D eigenvalue weighted by molar-refractivity contribution is -0.139. The number of nitrogens with one attached hydrogen (secondary N) is 1.